The molecule has 0 heterocycles. The largest absolute Gasteiger partial charge is 0.157 e. The lowest BCUT2D eigenvalue weighted by Crippen LogP contribution is -1.80. The van der Waals surface area contributed by atoms with E-state index in [4.69, 9.17) is 0 Å². The minimum absolute atomic E-state index is 1.15. The normalized spacial score (nSPS) is 10.0. The van der Waals surface area contributed by atoms with Crippen molar-refractivity contribution >= 4 is 11.8 Å². The molecule has 0 radical (unpaired) electrons. The third-order valence-electron chi connectivity index (χ3n) is 1.59. The molecule has 1 heteroatoms. The van der Waals surface area contributed by atoms with Crippen LogP contribution in [-0.4, -0.2) is 5.75 Å². The van der Waals surface area contributed by atoms with E-state index in [1.165, 1.54) is 16.9 Å². The Kier molecular flexibility index (Phi) is 3.50. The van der Waals surface area contributed by atoms with Gasteiger partial charge < -0.3 is 0 Å². The van der Waals surface area contributed by atoms with E-state index in [0.717, 1.165) is 5.75 Å². The second kappa shape index (κ2) is 4.45. The van der Waals surface area contributed by atoms with Crippen LogP contribution in [-0.2, 0) is 5.75 Å². The maximum atomic E-state index is 2.21. The van der Waals surface area contributed by atoms with Gasteiger partial charge in [0.1, 0.15) is 0 Å². The second-order valence-electron chi connectivity index (χ2n) is 2.62. The zero-order valence-corrected chi connectivity index (χ0v) is 7.95. The van der Waals surface area contributed by atoms with E-state index >= 15 is 0 Å². The highest BCUT2D eigenvalue weighted by Crippen LogP contribution is 2.11. The number of hydrogen-bond acceptors (Lipinski definition) is 1. The van der Waals surface area contributed by atoms with Crippen molar-refractivity contribution in [1.82, 2.24) is 0 Å². The fraction of sp³-hybridized carbons (Fsp3) is 0.400. The van der Waals surface area contributed by atoms with Gasteiger partial charge in [-0.3, -0.25) is 0 Å². The number of benzene rings is 1. The van der Waals surface area contributed by atoms with Gasteiger partial charge in [-0.2, -0.15) is 11.8 Å². The van der Waals surface area contributed by atoms with E-state index in [-0.39, 0.29) is 0 Å². The Hall–Kier alpha value is -0.430. The highest BCUT2D eigenvalue weighted by atomic mass is 32.2. The molecule has 0 unspecified atom stereocenters. The Morgan fingerprint density at radius 2 is 1.82 bits per heavy atom. The smallest absolute Gasteiger partial charge is 0.0184 e. The van der Waals surface area contributed by atoms with E-state index in [1.54, 1.807) is 0 Å². The van der Waals surface area contributed by atoms with Gasteiger partial charge in [-0.25, -0.2) is 0 Å². The third kappa shape index (κ3) is 2.98. The molecule has 1 rings (SSSR count). The van der Waals surface area contributed by atoms with Crippen molar-refractivity contribution in [2.75, 3.05) is 5.75 Å². The zero-order chi connectivity index (χ0) is 8.10. The van der Waals surface area contributed by atoms with Crippen molar-refractivity contribution in [1.29, 1.82) is 0 Å². The first kappa shape index (κ1) is 8.66. The molecular weight excluding hydrogens is 152 g/mol. The summed E-state index contributed by atoms with van der Waals surface area (Å²) in [5.74, 6) is 2.35. The average Bonchev–Trinajstić information content (AvgIpc) is 2.04. The minimum Gasteiger partial charge on any atom is -0.157 e. The lowest BCUT2D eigenvalue weighted by atomic mass is 10.2. The van der Waals surface area contributed by atoms with Gasteiger partial charge in [-0.15, -0.1) is 0 Å². The molecular formula is C10H14S. The van der Waals surface area contributed by atoms with Crippen LogP contribution < -0.4 is 0 Å². The summed E-state index contributed by atoms with van der Waals surface area (Å²) in [5.41, 5.74) is 2.78. The molecule has 0 aliphatic carbocycles. The molecule has 0 aromatic heterocycles. The molecule has 0 amide bonds. The SMILES string of the molecule is CCSCc1ccc(C)cc1. The van der Waals surface area contributed by atoms with E-state index < -0.39 is 0 Å². The van der Waals surface area contributed by atoms with Gasteiger partial charge in [-0.05, 0) is 18.2 Å². The molecule has 0 saturated carbocycles. The van der Waals surface area contributed by atoms with Gasteiger partial charge in [0, 0.05) is 5.75 Å². The summed E-state index contributed by atoms with van der Waals surface area (Å²) in [6.07, 6.45) is 0. The van der Waals surface area contributed by atoms with Crippen LogP contribution in [0.5, 0.6) is 0 Å². The number of hydrogen-bond donors (Lipinski definition) is 0. The second-order valence-corrected chi connectivity index (χ2v) is 3.90. The highest BCUT2D eigenvalue weighted by molar-refractivity contribution is 7.98. The fourth-order valence-corrected chi connectivity index (χ4v) is 1.54. The molecule has 0 N–H and O–H groups in total. The van der Waals surface area contributed by atoms with Gasteiger partial charge in [0.15, 0.2) is 0 Å². The minimum atomic E-state index is 1.15. The molecule has 0 fully saturated rings. The van der Waals surface area contributed by atoms with Crippen LogP contribution in [0.25, 0.3) is 0 Å². The van der Waals surface area contributed by atoms with Crippen molar-refractivity contribution in [3.05, 3.63) is 35.4 Å². The number of thioether (sulfide) groups is 1. The number of aryl methyl sites for hydroxylation is 1. The summed E-state index contributed by atoms with van der Waals surface area (Å²) < 4.78 is 0. The van der Waals surface area contributed by atoms with Crippen molar-refractivity contribution in [2.45, 2.75) is 19.6 Å². The standard InChI is InChI=1S/C10H14S/c1-3-11-8-10-6-4-9(2)5-7-10/h4-7H,3,8H2,1-2H3. The van der Waals surface area contributed by atoms with Crippen LogP contribution in [0.2, 0.25) is 0 Å². The molecule has 11 heavy (non-hydrogen) atoms. The highest BCUT2D eigenvalue weighted by Gasteiger charge is 1.90. The van der Waals surface area contributed by atoms with E-state index in [2.05, 4.69) is 38.1 Å². The van der Waals surface area contributed by atoms with Gasteiger partial charge in [-0.1, -0.05) is 36.8 Å². The summed E-state index contributed by atoms with van der Waals surface area (Å²) in [6.45, 7) is 4.32. The monoisotopic (exact) mass is 166 g/mol. The van der Waals surface area contributed by atoms with E-state index in [1.807, 2.05) is 11.8 Å². The summed E-state index contributed by atoms with van der Waals surface area (Å²) in [4.78, 5) is 0. The Morgan fingerprint density at radius 3 is 2.36 bits per heavy atom. The van der Waals surface area contributed by atoms with Crippen LogP contribution in [0.3, 0.4) is 0 Å². The molecule has 0 nitrogen and oxygen atoms in total. The quantitative estimate of drug-likeness (QED) is 0.664. The molecule has 0 atom stereocenters. The Morgan fingerprint density at radius 1 is 1.18 bits per heavy atom. The van der Waals surface area contributed by atoms with Crippen LogP contribution >= 0.6 is 11.8 Å². The first-order valence-corrected chi connectivity index (χ1v) is 5.11. The molecule has 0 spiro atoms. The van der Waals surface area contributed by atoms with Crippen LogP contribution in [0.4, 0.5) is 0 Å². The predicted molar refractivity (Wildman–Crippen MR) is 53.0 cm³/mol. The number of rotatable bonds is 3. The van der Waals surface area contributed by atoms with Gasteiger partial charge in [0.2, 0.25) is 0 Å². The maximum Gasteiger partial charge on any atom is 0.0184 e. The molecule has 0 bridgehead atoms. The third-order valence-corrected chi connectivity index (χ3v) is 2.54. The first-order chi connectivity index (χ1) is 5.33. The Bertz CT molecular complexity index is 201. The van der Waals surface area contributed by atoms with Crippen molar-refractivity contribution in [2.24, 2.45) is 0 Å². The molecule has 1 aromatic rings. The predicted octanol–water partition coefficient (Wildman–Crippen LogP) is 3.25. The van der Waals surface area contributed by atoms with Crippen LogP contribution in [0.15, 0.2) is 24.3 Å². The summed E-state index contributed by atoms with van der Waals surface area (Å²) in [7, 11) is 0. The van der Waals surface area contributed by atoms with Gasteiger partial charge >= 0.3 is 0 Å². The summed E-state index contributed by atoms with van der Waals surface area (Å²) in [6, 6.07) is 8.76. The molecule has 0 aliphatic heterocycles. The van der Waals surface area contributed by atoms with Gasteiger partial charge in [0.25, 0.3) is 0 Å². The van der Waals surface area contributed by atoms with Crippen molar-refractivity contribution in [3.8, 4) is 0 Å². The molecule has 0 saturated heterocycles. The van der Waals surface area contributed by atoms with E-state index in [9.17, 15) is 0 Å². The van der Waals surface area contributed by atoms with Crippen molar-refractivity contribution < 1.29 is 0 Å². The van der Waals surface area contributed by atoms with E-state index in [0.29, 0.717) is 0 Å². The van der Waals surface area contributed by atoms with Crippen molar-refractivity contribution in [3.63, 3.8) is 0 Å². The fourth-order valence-electron chi connectivity index (χ4n) is 0.904. The topological polar surface area (TPSA) is 0 Å². The zero-order valence-electron chi connectivity index (χ0n) is 7.13. The Labute approximate surface area is 73.0 Å². The molecule has 1 aromatic carbocycles. The lowest BCUT2D eigenvalue weighted by molar-refractivity contribution is 1.36. The first-order valence-electron chi connectivity index (χ1n) is 3.96. The molecule has 0 aliphatic rings. The summed E-state index contributed by atoms with van der Waals surface area (Å²) in [5, 5.41) is 0. The van der Waals surface area contributed by atoms with Crippen LogP contribution in [0, 0.1) is 6.92 Å². The average molecular weight is 166 g/mol. The van der Waals surface area contributed by atoms with Gasteiger partial charge in [0.05, 0.1) is 0 Å². The Balaban J connectivity index is 2.52. The lowest BCUT2D eigenvalue weighted by Gasteiger charge is -1.99. The summed E-state index contributed by atoms with van der Waals surface area (Å²) >= 11 is 1.97. The molecule has 60 valence electrons. The maximum absolute atomic E-state index is 2.21. The van der Waals surface area contributed by atoms with Crippen LogP contribution in [0.1, 0.15) is 18.1 Å².